The molecule has 0 aliphatic rings. The average molecular weight is 277 g/mol. The van der Waals surface area contributed by atoms with Gasteiger partial charge < -0.3 is 10.6 Å². The van der Waals surface area contributed by atoms with E-state index in [1.165, 1.54) is 0 Å². The van der Waals surface area contributed by atoms with E-state index < -0.39 is 0 Å². The highest BCUT2D eigenvalue weighted by atomic mass is 32.1. The van der Waals surface area contributed by atoms with Crippen LogP contribution in [0.3, 0.4) is 0 Å². The third-order valence-electron chi connectivity index (χ3n) is 2.67. The van der Waals surface area contributed by atoms with Gasteiger partial charge in [-0.05, 0) is 20.3 Å². The molecule has 0 radical (unpaired) electrons. The molecule has 5 nitrogen and oxygen atoms in total. The molecule has 2 rings (SSSR count). The van der Waals surface area contributed by atoms with Gasteiger partial charge in [0.25, 0.3) is 0 Å². The third kappa shape index (κ3) is 3.64. The molecule has 19 heavy (non-hydrogen) atoms. The van der Waals surface area contributed by atoms with E-state index in [1.54, 1.807) is 11.3 Å². The maximum absolute atomic E-state index is 4.46. The SMILES string of the molecule is CCNc1nc(C)cc(NC(CC)c2nccs2)n1. The summed E-state index contributed by atoms with van der Waals surface area (Å²) < 4.78 is 0. The summed E-state index contributed by atoms with van der Waals surface area (Å²) in [5.41, 5.74) is 0.947. The summed E-state index contributed by atoms with van der Waals surface area (Å²) in [6.45, 7) is 6.95. The minimum absolute atomic E-state index is 0.198. The van der Waals surface area contributed by atoms with E-state index in [9.17, 15) is 0 Å². The number of anilines is 2. The van der Waals surface area contributed by atoms with Crippen LogP contribution in [0.5, 0.6) is 0 Å². The van der Waals surface area contributed by atoms with Crippen LogP contribution in [0.25, 0.3) is 0 Å². The van der Waals surface area contributed by atoms with Crippen molar-refractivity contribution in [2.45, 2.75) is 33.2 Å². The van der Waals surface area contributed by atoms with E-state index in [1.807, 2.05) is 31.5 Å². The lowest BCUT2D eigenvalue weighted by molar-refractivity contribution is 0.736. The van der Waals surface area contributed by atoms with Crippen LogP contribution < -0.4 is 10.6 Å². The molecule has 0 amide bonds. The number of hydrogen-bond acceptors (Lipinski definition) is 6. The second kappa shape index (κ2) is 6.47. The molecule has 0 aliphatic carbocycles. The molecule has 2 heterocycles. The molecular formula is C13H19N5S. The molecule has 0 saturated heterocycles. The molecule has 0 spiro atoms. The van der Waals surface area contributed by atoms with Crippen LogP contribution in [0.1, 0.15) is 37.0 Å². The van der Waals surface area contributed by atoms with Crippen molar-refractivity contribution in [2.24, 2.45) is 0 Å². The number of aryl methyl sites for hydroxylation is 1. The van der Waals surface area contributed by atoms with Gasteiger partial charge in [-0.1, -0.05) is 6.92 Å². The zero-order valence-corrected chi connectivity index (χ0v) is 12.3. The molecular weight excluding hydrogens is 258 g/mol. The maximum Gasteiger partial charge on any atom is 0.224 e. The van der Waals surface area contributed by atoms with Crippen LogP contribution in [0.4, 0.5) is 11.8 Å². The Morgan fingerprint density at radius 3 is 2.79 bits per heavy atom. The van der Waals surface area contributed by atoms with Gasteiger partial charge in [0.1, 0.15) is 10.8 Å². The van der Waals surface area contributed by atoms with Gasteiger partial charge in [-0.25, -0.2) is 9.97 Å². The molecule has 0 aliphatic heterocycles. The Morgan fingerprint density at radius 1 is 1.32 bits per heavy atom. The average Bonchev–Trinajstić information content (AvgIpc) is 2.89. The largest absolute Gasteiger partial charge is 0.361 e. The molecule has 0 aromatic carbocycles. The summed E-state index contributed by atoms with van der Waals surface area (Å²) >= 11 is 1.66. The first-order chi connectivity index (χ1) is 9.22. The fraction of sp³-hybridized carbons (Fsp3) is 0.462. The van der Waals surface area contributed by atoms with Gasteiger partial charge in [0, 0.05) is 29.9 Å². The van der Waals surface area contributed by atoms with Crippen LogP contribution in [0.2, 0.25) is 0 Å². The fourth-order valence-corrected chi connectivity index (χ4v) is 2.58. The molecule has 0 bridgehead atoms. The highest BCUT2D eigenvalue weighted by Crippen LogP contribution is 2.23. The molecule has 2 aromatic rings. The Morgan fingerprint density at radius 2 is 2.16 bits per heavy atom. The lowest BCUT2D eigenvalue weighted by Crippen LogP contribution is -2.12. The monoisotopic (exact) mass is 277 g/mol. The summed E-state index contributed by atoms with van der Waals surface area (Å²) in [4.78, 5) is 13.2. The first-order valence-corrected chi connectivity index (χ1v) is 7.36. The molecule has 6 heteroatoms. The second-order valence-corrected chi connectivity index (χ2v) is 5.15. The first kappa shape index (κ1) is 13.7. The van der Waals surface area contributed by atoms with Crippen LogP contribution in [0, 0.1) is 6.92 Å². The quantitative estimate of drug-likeness (QED) is 0.848. The summed E-state index contributed by atoms with van der Waals surface area (Å²) in [5.74, 6) is 1.50. The number of aromatic nitrogens is 3. The minimum atomic E-state index is 0.198. The fourth-order valence-electron chi connectivity index (χ4n) is 1.80. The number of thiazole rings is 1. The number of hydrogen-bond donors (Lipinski definition) is 2. The van der Waals surface area contributed by atoms with Gasteiger partial charge in [-0.15, -0.1) is 11.3 Å². The predicted molar refractivity (Wildman–Crippen MR) is 79.7 cm³/mol. The van der Waals surface area contributed by atoms with E-state index in [0.29, 0.717) is 5.95 Å². The molecule has 1 unspecified atom stereocenters. The highest BCUT2D eigenvalue weighted by molar-refractivity contribution is 7.09. The van der Waals surface area contributed by atoms with Crippen molar-refractivity contribution < 1.29 is 0 Å². The number of rotatable bonds is 6. The smallest absolute Gasteiger partial charge is 0.224 e. The van der Waals surface area contributed by atoms with E-state index >= 15 is 0 Å². The van der Waals surface area contributed by atoms with Crippen molar-refractivity contribution in [1.29, 1.82) is 0 Å². The van der Waals surface area contributed by atoms with Crippen molar-refractivity contribution in [2.75, 3.05) is 17.2 Å². The van der Waals surface area contributed by atoms with Crippen LogP contribution >= 0.6 is 11.3 Å². The lowest BCUT2D eigenvalue weighted by Gasteiger charge is -2.16. The Hall–Kier alpha value is -1.69. The van der Waals surface area contributed by atoms with Gasteiger partial charge in [-0.3, -0.25) is 0 Å². The maximum atomic E-state index is 4.46. The Bertz CT molecular complexity index is 512. The molecule has 2 N–H and O–H groups in total. The summed E-state index contributed by atoms with van der Waals surface area (Å²) in [6.07, 6.45) is 2.80. The van der Waals surface area contributed by atoms with Crippen molar-refractivity contribution in [3.05, 3.63) is 28.3 Å². The van der Waals surface area contributed by atoms with Gasteiger partial charge in [0.05, 0.1) is 6.04 Å². The normalized spacial score (nSPS) is 12.2. The molecule has 0 fully saturated rings. The lowest BCUT2D eigenvalue weighted by atomic mass is 10.2. The summed E-state index contributed by atoms with van der Waals surface area (Å²) in [5, 5.41) is 9.65. The number of nitrogens with zero attached hydrogens (tertiary/aromatic N) is 3. The third-order valence-corrected chi connectivity index (χ3v) is 3.56. The van der Waals surface area contributed by atoms with Gasteiger partial charge in [0.15, 0.2) is 0 Å². The Balaban J connectivity index is 2.17. The first-order valence-electron chi connectivity index (χ1n) is 6.48. The topological polar surface area (TPSA) is 62.7 Å². The highest BCUT2D eigenvalue weighted by Gasteiger charge is 2.13. The van der Waals surface area contributed by atoms with Crippen LogP contribution in [-0.4, -0.2) is 21.5 Å². The molecule has 2 aromatic heterocycles. The van der Waals surface area contributed by atoms with Gasteiger partial charge in [0.2, 0.25) is 5.95 Å². The van der Waals surface area contributed by atoms with Crippen LogP contribution in [0.15, 0.2) is 17.6 Å². The van der Waals surface area contributed by atoms with E-state index in [4.69, 9.17) is 0 Å². The molecule has 102 valence electrons. The summed E-state index contributed by atoms with van der Waals surface area (Å²) in [6, 6.07) is 2.15. The molecule has 0 saturated carbocycles. The van der Waals surface area contributed by atoms with Crippen LogP contribution in [-0.2, 0) is 0 Å². The van der Waals surface area contributed by atoms with Gasteiger partial charge >= 0.3 is 0 Å². The Labute approximate surface area is 117 Å². The van der Waals surface area contributed by atoms with E-state index in [0.717, 1.165) is 29.5 Å². The van der Waals surface area contributed by atoms with Crippen molar-refractivity contribution in [3.8, 4) is 0 Å². The number of nitrogens with one attached hydrogen (secondary N) is 2. The van der Waals surface area contributed by atoms with Crippen molar-refractivity contribution >= 4 is 23.1 Å². The Kier molecular flexibility index (Phi) is 4.68. The molecule has 1 atom stereocenters. The second-order valence-electron chi connectivity index (χ2n) is 4.22. The van der Waals surface area contributed by atoms with Crippen molar-refractivity contribution in [1.82, 2.24) is 15.0 Å². The zero-order valence-electron chi connectivity index (χ0n) is 11.5. The van der Waals surface area contributed by atoms with Crippen molar-refractivity contribution in [3.63, 3.8) is 0 Å². The predicted octanol–water partition coefficient (Wildman–Crippen LogP) is 3.24. The van der Waals surface area contributed by atoms with E-state index in [2.05, 4.69) is 32.5 Å². The van der Waals surface area contributed by atoms with E-state index in [-0.39, 0.29) is 6.04 Å². The summed E-state index contributed by atoms with van der Waals surface area (Å²) in [7, 11) is 0. The zero-order chi connectivity index (χ0) is 13.7. The minimum Gasteiger partial charge on any atom is -0.361 e. The standard InChI is InChI=1S/C13H19N5S/c1-4-10(12-15-6-7-19-12)17-11-8-9(3)16-13(18-11)14-5-2/h6-8,10H,4-5H2,1-3H3,(H2,14,16,17,18). The van der Waals surface area contributed by atoms with Gasteiger partial charge in [-0.2, -0.15) is 4.98 Å².